The van der Waals surface area contributed by atoms with Crippen LogP contribution in [0.4, 0.5) is 21.6 Å². The third kappa shape index (κ3) is 5.26. The maximum absolute atomic E-state index is 13.4. The Kier molecular flexibility index (Phi) is 6.70. The van der Waals surface area contributed by atoms with Crippen LogP contribution < -0.4 is 14.9 Å². The second-order valence-electron chi connectivity index (χ2n) is 8.76. The van der Waals surface area contributed by atoms with Gasteiger partial charge in [-0.25, -0.2) is 22.5 Å². The van der Waals surface area contributed by atoms with E-state index >= 15 is 0 Å². The van der Waals surface area contributed by atoms with E-state index in [4.69, 9.17) is 11.6 Å². The van der Waals surface area contributed by atoms with Crippen molar-refractivity contribution >= 4 is 55.6 Å². The van der Waals surface area contributed by atoms with Crippen LogP contribution in [0.3, 0.4) is 0 Å². The molecular formula is C25H22ClFN8O3S. The predicted octanol–water partition coefficient (Wildman–Crippen LogP) is 4.07. The van der Waals surface area contributed by atoms with Crippen LogP contribution in [0.1, 0.15) is 10.5 Å². The van der Waals surface area contributed by atoms with Crippen molar-refractivity contribution in [1.82, 2.24) is 24.5 Å². The highest BCUT2D eigenvalue weighted by Gasteiger charge is 2.21. The first-order valence-electron chi connectivity index (χ1n) is 11.5. The SMILES string of the molecule is CN(C)c1cccc(-n2cc(S(=O)(=O)Nc3ccc4c(C(=O)Nc5ccc(F)c(Cl)c5)n(C)nc4c3)cn2)n1. The smallest absolute Gasteiger partial charge is 0.274 e. The average Bonchev–Trinajstić information content (AvgIpc) is 3.51. The second kappa shape index (κ2) is 10.0. The van der Waals surface area contributed by atoms with Crippen molar-refractivity contribution in [2.75, 3.05) is 29.0 Å². The van der Waals surface area contributed by atoms with Gasteiger partial charge in [0.1, 0.15) is 22.2 Å². The number of aromatic nitrogens is 5. The van der Waals surface area contributed by atoms with Crippen LogP contribution in [-0.4, -0.2) is 53.0 Å². The number of carbonyl (C=O) groups is 1. The van der Waals surface area contributed by atoms with Gasteiger partial charge >= 0.3 is 0 Å². The molecular weight excluding hydrogens is 547 g/mol. The van der Waals surface area contributed by atoms with Gasteiger partial charge in [0.25, 0.3) is 15.9 Å². The van der Waals surface area contributed by atoms with Gasteiger partial charge in [-0.05, 0) is 48.5 Å². The number of nitrogens with zero attached hydrogens (tertiary/aromatic N) is 6. The number of amides is 1. The van der Waals surface area contributed by atoms with E-state index in [0.29, 0.717) is 28.2 Å². The van der Waals surface area contributed by atoms with Crippen LogP contribution in [0.25, 0.3) is 16.7 Å². The number of halogens is 2. The number of hydrogen-bond acceptors (Lipinski definition) is 7. The van der Waals surface area contributed by atoms with Crippen molar-refractivity contribution < 1.29 is 17.6 Å². The molecule has 3 aromatic heterocycles. The molecule has 0 unspecified atom stereocenters. The van der Waals surface area contributed by atoms with Crippen LogP contribution in [-0.2, 0) is 17.1 Å². The molecule has 0 atom stereocenters. The fraction of sp³-hybridized carbons (Fsp3) is 0.120. The van der Waals surface area contributed by atoms with Gasteiger partial charge in [0.15, 0.2) is 5.82 Å². The minimum absolute atomic E-state index is 0.0568. The van der Waals surface area contributed by atoms with Crippen molar-refractivity contribution in [3.05, 3.63) is 83.5 Å². The van der Waals surface area contributed by atoms with E-state index in [-0.39, 0.29) is 21.3 Å². The number of aryl methyl sites for hydroxylation is 1. The van der Waals surface area contributed by atoms with Crippen molar-refractivity contribution in [2.24, 2.45) is 7.05 Å². The zero-order chi connectivity index (χ0) is 27.9. The number of hydrogen-bond donors (Lipinski definition) is 2. The Labute approximate surface area is 227 Å². The van der Waals surface area contributed by atoms with E-state index in [0.717, 1.165) is 6.07 Å². The van der Waals surface area contributed by atoms with Gasteiger partial charge in [0, 0.05) is 32.2 Å². The fourth-order valence-corrected chi connectivity index (χ4v) is 5.03. The van der Waals surface area contributed by atoms with Crippen LogP contribution in [0, 0.1) is 5.82 Å². The molecule has 39 heavy (non-hydrogen) atoms. The maximum atomic E-state index is 13.4. The van der Waals surface area contributed by atoms with Crippen molar-refractivity contribution in [1.29, 1.82) is 0 Å². The fourth-order valence-electron chi connectivity index (χ4n) is 3.87. The Morgan fingerprint density at radius 1 is 1.08 bits per heavy atom. The standard InChI is InChI=1S/C25H22ClFN8O3S/c1-33(2)22-5-4-6-23(30-22)35-14-17(13-28-35)39(37,38)32-16-7-9-18-21(12-16)31-34(3)24(18)25(36)29-15-8-10-20(27)19(26)11-15/h4-14,32H,1-3H3,(H,29,36). The number of pyridine rings is 1. The van der Waals surface area contributed by atoms with Gasteiger partial charge in [-0.15, -0.1) is 0 Å². The second-order valence-corrected chi connectivity index (χ2v) is 10.9. The molecule has 3 heterocycles. The first kappa shape index (κ1) is 26.1. The summed E-state index contributed by atoms with van der Waals surface area (Å²) in [6, 6.07) is 13.8. The van der Waals surface area contributed by atoms with Gasteiger partial charge in [-0.3, -0.25) is 14.2 Å². The lowest BCUT2D eigenvalue weighted by atomic mass is 10.2. The van der Waals surface area contributed by atoms with Crippen molar-refractivity contribution in [3.8, 4) is 5.82 Å². The monoisotopic (exact) mass is 568 g/mol. The Morgan fingerprint density at radius 2 is 1.85 bits per heavy atom. The van der Waals surface area contributed by atoms with Gasteiger partial charge in [-0.1, -0.05) is 17.7 Å². The summed E-state index contributed by atoms with van der Waals surface area (Å²) in [5.74, 6) is 0.0727. The van der Waals surface area contributed by atoms with E-state index in [2.05, 4.69) is 25.2 Å². The summed E-state index contributed by atoms with van der Waals surface area (Å²) in [7, 11) is 1.30. The summed E-state index contributed by atoms with van der Waals surface area (Å²) in [5, 5.41) is 11.5. The summed E-state index contributed by atoms with van der Waals surface area (Å²) in [5.41, 5.74) is 1.18. The Bertz CT molecular complexity index is 1830. The summed E-state index contributed by atoms with van der Waals surface area (Å²) in [4.78, 5) is 19.2. The molecule has 0 saturated heterocycles. The molecule has 0 saturated carbocycles. The van der Waals surface area contributed by atoms with Crippen LogP contribution in [0.5, 0.6) is 0 Å². The summed E-state index contributed by atoms with van der Waals surface area (Å²) in [6.07, 6.45) is 2.60. The molecule has 0 aliphatic heterocycles. The molecule has 0 aliphatic carbocycles. The lowest BCUT2D eigenvalue weighted by Gasteiger charge is -2.11. The third-order valence-electron chi connectivity index (χ3n) is 5.76. The minimum Gasteiger partial charge on any atom is -0.363 e. The number of rotatable bonds is 7. The molecule has 2 N–H and O–H groups in total. The Hall–Kier alpha value is -4.49. The molecule has 0 fully saturated rings. The molecule has 14 heteroatoms. The van der Waals surface area contributed by atoms with Crippen molar-refractivity contribution in [2.45, 2.75) is 4.90 Å². The Balaban J connectivity index is 1.37. The highest BCUT2D eigenvalue weighted by atomic mass is 35.5. The number of carbonyl (C=O) groups excluding carboxylic acids is 1. The molecule has 11 nitrogen and oxygen atoms in total. The summed E-state index contributed by atoms with van der Waals surface area (Å²) in [6.45, 7) is 0. The zero-order valence-corrected chi connectivity index (χ0v) is 22.5. The quantitative estimate of drug-likeness (QED) is 0.303. The van der Waals surface area contributed by atoms with Gasteiger partial charge in [0.05, 0.1) is 28.6 Å². The molecule has 5 rings (SSSR count). The lowest BCUT2D eigenvalue weighted by molar-refractivity contribution is 0.101. The maximum Gasteiger partial charge on any atom is 0.274 e. The molecule has 0 spiro atoms. The van der Waals surface area contributed by atoms with Gasteiger partial charge in [0.2, 0.25) is 0 Å². The topological polar surface area (TPSA) is 127 Å². The highest BCUT2D eigenvalue weighted by Crippen LogP contribution is 2.26. The van der Waals surface area contributed by atoms with E-state index in [1.54, 1.807) is 25.2 Å². The minimum atomic E-state index is -3.99. The lowest BCUT2D eigenvalue weighted by Crippen LogP contribution is -2.16. The molecule has 0 radical (unpaired) electrons. The first-order chi connectivity index (χ1) is 18.5. The molecule has 1 amide bonds. The normalized spacial score (nSPS) is 11.5. The van der Waals surface area contributed by atoms with Crippen LogP contribution in [0.15, 0.2) is 71.9 Å². The molecule has 200 valence electrons. The number of benzene rings is 2. The number of anilines is 3. The number of fused-ring (bicyclic) bond motifs is 1. The van der Waals surface area contributed by atoms with Crippen molar-refractivity contribution in [3.63, 3.8) is 0 Å². The van der Waals surface area contributed by atoms with Crippen LogP contribution in [0.2, 0.25) is 5.02 Å². The largest absolute Gasteiger partial charge is 0.363 e. The number of sulfonamides is 1. The van der Waals surface area contributed by atoms with Crippen LogP contribution >= 0.6 is 11.6 Å². The highest BCUT2D eigenvalue weighted by molar-refractivity contribution is 7.92. The Morgan fingerprint density at radius 3 is 2.59 bits per heavy atom. The first-order valence-corrected chi connectivity index (χ1v) is 13.3. The molecule has 0 bridgehead atoms. The summed E-state index contributed by atoms with van der Waals surface area (Å²) < 4.78 is 44.9. The average molecular weight is 569 g/mol. The van der Waals surface area contributed by atoms with E-state index < -0.39 is 21.7 Å². The zero-order valence-electron chi connectivity index (χ0n) is 20.9. The van der Waals surface area contributed by atoms with Gasteiger partial charge in [-0.2, -0.15) is 10.2 Å². The number of nitrogens with one attached hydrogen (secondary N) is 2. The van der Waals surface area contributed by atoms with E-state index in [9.17, 15) is 17.6 Å². The molecule has 2 aromatic carbocycles. The third-order valence-corrected chi connectivity index (χ3v) is 7.39. The predicted molar refractivity (Wildman–Crippen MR) is 147 cm³/mol. The van der Waals surface area contributed by atoms with Gasteiger partial charge < -0.3 is 10.2 Å². The summed E-state index contributed by atoms with van der Waals surface area (Å²) >= 11 is 5.80. The van der Waals surface area contributed by atoms with E-state index in [1.165, 1.54) is 46.0 Å². The molecule has 0 aliphatic rings. The van der Waals surface area contributed by atoms with E-state index in [1.807, 2.05) is 25.1 Å². The molecule has 5 aromatic rings.